The van der Waals surface area contributed by atoms with Crippen LogP contribution in [-0.4, -0.2) is 49.7 Å². The molecule has 0 amide bonds. The SMILES string of the molecule is COC1(CNCC(O)COC2CCC(C)CC2)CCC1. The van der Waals surface area contributed by atoms with E-state index in [-0.39, 0.29) is 5.60 Å². The Balaban J connectivity index is 1.53. The van der Waals surface area contributed by atoms with Gasteiger partial charge in [0.25, 0.3) is 0 Å². The molecule has 4 nitrogen and oxygen atoms in total. The molecule has 0 saturated heterocycles. The van der Waals surface area contributed by atoms with E-state index in [1.807, 2.05) is 0 Å². The number of ether oxygens (including phenoxy) is 2. The van der Waals surface area contributed by atoms with Crippen LogP contribution in [0, 0.1) is 5.92 Å². The summed E-state index contributed by atoms with van der Waals surface area (Å²) in [5.74, 6) is 0.842. The van der Waals surface area contributed by atoms with Gasteiger partial charge in [-0.25, -0.2) is 0 Å². The Hall–Kier alpha value is -0.160. The summed E-state index contributed by atoms with van der Waals surface area (Å²) >= 11 is 0. The van der Waals surface area contributed by atoms with Crippen molar-refractivity contribution >= 4 is 0 Å². The van der Waals surface area contributed by atoms with Crippen LogP contribution in [0.15, 0.2) is 0 Å². The predicted octanol–water partition coefficient (Wildman–Crippen LogP) is 2.10. The third kappa shape index (κ3) is 4.69. The number of hydrogen-bond donors (Lipinski definition) is 2. The Morgan fingerprint density at radius 1 is 1.25 bits per heavy atom. The van der Waals surface area contributed by atoms with Gasteiger partial charge >= 0.3 is 0 Å². The molecular formula is C16H31NO3. The zero-order valence-corrected chi connectivity index (χ0v) is 13.1. The molecule has 0 bridgehead atoms. The fourth-order valence-electron chi connectivity index (χ4n) is 3.19. The van der Waals surface area contributed by atoms with Gasteiger partial charge in [0.15, 0.2) is 0 Å². The smallest absolute Gasteiger partial charge is 0.0897 e. The summed E-state index contributed by atoms with van der Waals surface area (Å²) in [6, 6.07) is 0. The summed E-state index contributed by atoms with van der Waals surface area (Å²) in [6.45, 7) is 4.18. The Labute approximate surface area is 123 Å². The van der Waals surface area contributed by atoms with Gasteiger partial charge in [0.05, 0.1) is 24.4 Å². The van der Waals surface area contributed by atoms with E-state index in [9.17, 15) is 5.11 Å². The average Bonchev–Trinajstić information content (AvgIpc) is 2.41. The quantitative estimate of drug-likeness (QED) is 0.717. The topological polar surface area (TPSA) is 50.7 Å². The maximum Gasteiger partial charge on any atom is 0.0897 e. The number of methoxy groups -OCH3 is 1. The zero-order chi connectivity index (χ0) is 14.4. The van der Waals surface area contributed by atoms with Crippen molar-refractivity contribution in [1.29, 1.82) is 0 Å². The van der Waals surface area contributed by atoms with Crippen molar-refractivity contribution in [3.63, 3.8) is 0 Å². The molecule has 0 spiro atoms. The highest BCUT2D eigenvalue weighted by atomic mass is 16.5. The number of aliphatic hydroxyl groups excluding tert-OH is 1. The molecule has 0 aromatic carbocycles. The van der Waals surface area contributed by atoms with E-state index in [1.165, 1.54) is 19.3 Å². The van der Waals surface area contributed by atoms with Crippen molar-refractivity contribution < 1.29 is 14.6 Å². The second kappa shape index (κ2) is 7.74. The summed E-state index contributed by atoms with van der Waals surface area (Å²) < 4.78 is 11.4. The molecule has 2 N–H and O–H groups in total. The number of nitrogens with one attached hydrogen (secondary N) is 1. The molecule has 2 aliphatic rings. The van der Waals surface area contributed by atoms with E-state index in [2.05, 4.69) is 12.2 Å². The van der Waals surface area contributed by atoms with Gasteiger partial charge < -0.3 is 19.9 Å². The number of hydrogen-bond acceptors (Lipinski definition) is 4. The predicted molar refractivity (Wildman–Crippen MR) is 79.8 cm³/mol. The van der Waals surface area contributed by atoms with E-state index < -0.39 is 6.10 Å². The van der Waals surface area contributed by atoms with Crippen LogP contribution in [0.5, 0.6) is 0 Å². The third-order valence-corrected chi connectivity index (χ3v) is 5.01. The minimum atomic E-state index is -0.414. The van der Waals surface area contributed by atoms with Crippen LogP contribution in [-0.2, 0) is 9.47 Å². The summed E-state index contributed by atoms with van der Waals surface area (Å²) in [7, 11) is 1.78. The van der Waals surface area contributed by atoms with Gasteiger partial charge in [0.1, 0.15) is 0 Å². The van der Waals surface area contributed by atoms with Crippen molar-refractivity contribution in [2.75, 3.05) is 26.8 Å². The molecule has 0 aromatic rings. The van der Waals surface area contributed by atoms with Crippen molar-refractivity contribution in [2.24, 2.45) is 5.92 Å². The van der Waals surface area contributed by atoms with Gasteiger partial charge in [-0.15, -0.1) is 0 Å². The molecule has 0 aliphatic heterocycles. The Morgan fingerprint density at radius 3 is 2.50 bits per heavy atom. The van der Waals surface area contributed by atoms with E-state index in [0.29, 0.717) is 19.3 Å². The maximum absolute atomic E-state index is 9.96. The fourth-order valence-corrected chi connectivity index (χ4v) is 3.19. The Kier molecular flexibility index (Phi) is 6.27. The second-order valence-corrected chi connectivity index (χ2v) is 6.74. The lowest BCUT2D eigenvalue weighted by Gasteiger charge is -2.40. The van der Waals surface area contributed by atoms with Crippen molar-refractivity contribution in [2.45, 2.75) is 69.7 Å². The van der Waals surface area contributed by atoms with Crippen LogP contribution in [0.4, 0.5) is 0 Å². The molecule has 1 atom stereocenters. The van der Waals surface area contributed by atoms with E-state index >= 15 is 0 Å². The number of aliphatic hydroxyl groups is 1. The van der Waals surface area contributed by atoms with Gasteiger partial charge in [-0.3, -0.25) is 0 Å². The molecule has 2 fully saturated rings. The summed E-state index contributed by atoms with van der Waals surface area (Å²) in [6.07, 6.45) is 8.27. The van der Waals surface area contributed by atoms with Crippen LogP contribution >= 0.6 is 0 Å². The highest BCUT2D eigenvalue weighted by Crippen LogP contribution is 2.34. The standard InChI is InChI=1S/C16H31NO3/c1-13-4-6-15(7-5-13)20-11-14(18)10-17-12-16(19-2)8-3-9-16/h13-15,17-18H,3-12H2,1-2H3. The van der Waals surface area contributed by atoms with E-state index in [1.54, 1.807) is 7.11 Å². The van der Waals surface area contributed by atoms with Crippen LogP contribution in [0.2, 0.25) is 0 Å². The Morgan fingerprint density at radius 2 is 1.95 bits per heavy atom. The first-order valence-electron chi connectivity index (χ1n) is 8.19. The first-order chi connectivity index (χ1) is 9.63. The fraction of sp³-hybridized carbons (Fsp3) is 1.00. The lowest BCUT2D eigenvalue weighted by molar-refractivity contribution is -0.0726. The minimum Gasteiger partial charge on any atom is -0.389 e. The molecule has 4 heteroatoms. The molecule has 1 unspecified atom stereocenters. The molecule has 0 aromatic heterocycles. The van der Waals surface area contributed by atoms with Crippen molar-refractivity contribution in [3.05, 3.63) is 0 Å². The Bertz CT molecular complexity index is 267. The molecule has 20 heavy (non-hydrogen) atoms. The monoisotopic (exact) mass is 285 g/mol. The second-order valence-electron chi connectivity index (χ2n) is 6.74. The first-order valence-corrected chi connectivity index (χ1v) is 8.19. The van der Waals surface area contributed by atoms with E-state index in [0.717, 1.165) is 38.1 Å². The first kappa shape index (κ1) is 16.2. The summed E-state index contributed by atoms with van der Waals surface area (Å²) in [4.78, 5) is 0. The lowest BCUT2D eigenvalue weighted by Crippen LogP contribution is -2.49. The molecule has 0 radical (unpaired) electrons. The lowest BCUT2D eigenvalue weighted by atomic mass is 9.80. The summed E-state index contributed by atoms with van der Waals surface area (Å²) in [5, 5.41) is 13.3. The molecule has 0 heterocycles. The van der Waals surface area contributed by atoms with E-state index in [4.69, 9.17) is 9.47 Å². The van der Waals surface area contributed by atoms with Crippen LogP contribution in [0.3, 0.4) is 0 Å². The molecule has 2 aliphatic carbocycles. The third-order valence-electron chi connectivity index (χ3n) is 5.01. The molecule has 2 saturated carbocycles. The molecule has 118 valence electrons. The zero-order valence-electron chi connectivity index (χ0n) is 13.1. The van der Waals surface area contributed by atoms with Gasteiger partial charge in [-0.05, 0) is 50.9 Å². The minimum absolute atomic E-state index is 0.0279. The molecular weight excluding hydrogens is 254 g/mol. The maximum atomic E-state index is 9.96. The van der Waals surface area contributed by atoms with Gasteiger partial charge in [-0.1, -0.05) is 6.92 Å². The van der Waals surface area contributed by atoms with Gasteiger partial charge in [-0.2, -0.15) is 0 Å². The van der Waals surface area contributed by atoms with Crippen molar-refractivity contribution in [1.82, 2.24) is 5.32 Å². The highest BCUT2D eigenvalue weighted by molar-refractivity contribution is 4.91. The molecule has 2 rings (SSSR count). The summed E-state index contributed by atoms with van der Waals surface area (Å²) in [5.41, 5.74) is 0.0279. The van der Waals surface area contributed by atoms with Crippen LogP contribution in [0.1, 0.15) is 51.9 Å². The highest BCUT2D eigenvalue weighted by Gasteiger charge is 2.36. The van der Waals surface area contributed by atoms with Gasteiger partial charge in [0, 0.05) is 20.2 Å². The van der Waals surface area contributed by atoms with Crippen LogP contribution in [0.25, 0.3) is 0 Å². The largest absolute Gasteiger partial charge is 0.389 e. The number of rotatable bonds is 8. The van der Waals surface area contributed by atoms with Gasteiger partial charge in [0.2, 0.25) is 0 Å². The van der Waals surface area contributed by atoms with Crippen molar-refractivity contribution in [3.8, 4) is 0 Å². The average molecular weight is 285 g/mol. The van der Waals surface area contributed by atoms with Crippen LogP contribution < -0.4 is 5.32 Å². The normalized spacial score (nSPS) is 30.8.